The van der Waals surface area contributed by atoms with E-state index >= 15 is 0 Å². The maximum Gasteiger partial charge on any atom is 0.254 e. The molecule has 2 aromatic rings. The number of benzene rings is 1. The fourth-order valence-electron chi connectivity index (χ4n) is 4.46. The summed E-state index contributed by atoms with van der Waals surface area (Å²) in [6.45, 7) is 4.83. The zero-order chi connectivity index (χ0) is 20.2. The van der Waals surface area contributed by atoms with Gasteiger partial charge in [0.2, 0.25) is 10.0 Å². The minimum absolute atomic E-state index is 0.163. The second kappa shape index (κ2) is 6.59. The number of nitrogens with one attached hydrogen (secondary N) is 1. The molecule has 28 heavy (non-hydrogen) atoms. The fourth-order valence-corrected chi connectivity index (χ4v) is 5.56. The number of para-hydroxylation sites is 1. The van der Waals surface area contributed by atoms with Gasteiger partial charge in [0.05, 0.1) is 23.9 Å². The van der Waals surface area contributed by atoms with Crippen molar-refractivity contribution in [2.75, 3.05) is 30.4 Å². The molecule has 8 nitrogen and oxygen atoms in total. The lowest BCUT2D eigenvalue weighted by molar-refractivity contribution is 0.0846. The maximum atomic E-state index is 13.5. The molecule has 1 aromatic heterocycles. The summed E-state index contributed by atoms with van der Waals surface area (Å²) in [4.78, 5) is 13.5. The van der Waals surface area contributed by atoms with Crippen molar-refractivity contribution in [3.8, 4) is 0 Å². The molecule has 0 bridgehead atoms. The molecule has 9 heteroatoms. The van der Waals surface area contributed by atoms with Crippen LogP contribution in [0, 0.1) is 6.92 Å². The van der Waals surface area contributed by atoms with E-state index in [1.54, 1.807) is 6.92 Å². The Morgan fingerprint density at radius 3 is 2.82 bits per heavy atom. The van der Waals surface area contributed by atoms with E-state index in [9.17, 15) is 13.2 Å². The molecule has 2 aliphatic heterocycles. The molecule has 3 N–H and O–H groups in total. The lowest BCUT2D eigenvalue weighted by Gasteiger charge is -2.33. The van der Waals surface area contributed by atoms with Crippen molar-refractivity contribution in [1.82, 2.24) is 14.1 Å². The van der Waals surface area contributed by atoms with Crippen molar-refractivity contribution < 1.29 is 13.2 Å². The van der Waals surface area contributed by atoms with E-state index in [1.807, 2.05) is 25.1 Å². The highest BCUT2D eigenvalue weighted by atomic mass is 32.2. The molecule has 4 rings (SSSR count). The molecule has 0 fully saturated rings. The summed E-state index contributed by atoms with van der Waals surface area (Å²) < 4.78 is 27.1. The van der Waals surface area contributed by atoms with Gasteiger partial charge in [-0.3, -0.25) is 4.79 Å². The Bertz CT molecular complexity index is 1060. The first kappa shape index (κ1) is 18.9. The van der Waals surface area contributed by atoms with Crippen LogP contribution in [-0.4, -0.2) is 47.8 Å². The zero-order valence-electron chi connectivity index (χ0n) is 16.3. The number of nitrogen functional groups attached to an aromatic ring is 1. The van der Waals surface area contributed by atoms with Crippen LogP contribution >= 0.6 is 0 Å². The third-order valence-corrected chi connectivity index (χ3v) is 7.16. The summed E-state index contributed by atoms with van der Waals surface area (Å²) >= 11 is 0. The smallest absolute Gasteiger partial charge is 0.254 e. The third kappa shape index (κ3) is 2.89. The summed E-state index contributed by atoms with van der Waals surface area (Å²) in [6.07, 6.45) is 2.29. The molecule has 0 spiro atoms. The largest absolute Gasteiger partial charge is 0.385 e. The molecule has 2 aliphatic rings. The van der Waals surface area contributed by atoms with Crippen LogP contribution in [0.25, 0.3) is 0 Å². The summed E-state index contributed by atoms with van der Waals surface area (Å²) in [5.41, 5.74) is 10.5. The SMILES string of the molecule is Cc1cccc2c1NCCC2C(=O)n1nc(N)c2c1C(C)N(S(C)(=O)=O)CC2. The van der Waals surface area contributed by atoms with Crippen LogP contribution in [0.15, 0.2) is 18.2 Å². The highest BCUT2D eigenvalue weighted by Gasteiger charge is 2.38. The Balaban J connectivity index is 1.79. The monoisotopic (exact) mass is 403 g/mol. The van der Waals surface area contributed by atoms with Gasteiger partial charge in [0.25, 0.3) is 5.91 Å². The van der Waals surface area contributed by atoms with Crippen LogP contribution < -0.4 is 11.1 Å². The van der Waals surface area contributed by atoms with Gasteiger partial charge in [0, 0.05) is 24.3 Å². The maximum absolute atomic E-state index is 13.5. The quantitative estimate of drug-likeness (QED) is 0.792. The first-order chi connectivity index (χ1) is 13.2. The number of nitrogens with two attached hydrogens (primary N) is 1. The average molecular weight is 404 g/mol. The van der Waals surface area contributed by atoms with Gasteiger partial charge in [-0.25, -0.2) is 13.1 Å². The Kier molecular flexibility index (Phi) is 4.46. The zero-order valence-corrected chi connectivity index (χ0v) is 17.1. The molecule has 2 unspecified atom stereocenters. The summed E-state index contributed by atoms with van der Waals surface area (Å²) in [6, 6.07) is 5.43. The van der Waals surface area contributed by atoms with Crippen molar-refractivity contribution in [2.45, 2.75) is 38.6 Å². The van der Waals surface area contributed by atoms with Gasteiger partial charge < -0.3 is 11.1 Å². The van der Waals surface area contributed by atoms with Gasteiger partial charge in [0.1, 0.15) is 5.82 Å². The normalized spacial score (nSPS) is 22.2. The number of carbonyl (C=O) groups is 1. The second-order valence-corrected chi connectivity index (χ2v) is 9.54. The Morgan fingerprint density at radius 2 is 2.11 bits per heavy atom. The van der Waals surface area contributed by atoms with Crippen molar-refractivity contribution in [2.24, 2.45) is 0 Å². The molecule has 0 radical (unpaired) electrons. The number of aromatic nitrogens is 2. The topological polar surface area (TPSA) is 110 Å². The number of aryl methyl sites for hydroxylation is 1. The van der Waals surface area contributed by atoms with Gasteiger partial charge in [-0.1, -0.05) is 18.2 Å². The van der Waals surface area contributed by atoms with Gasteiger partial charge in [-0.05, 0) is 37.8 Å². The van der Waals surface area contributed by atoms with Crippen LogP contribution in [0.4, 0.5) is 11.5 Å². The predicted octanol–water partition coefficient (Wildman–Crippen LogP) is 1.89. The number of carbonyl (C=O) groups excluding carboxylic acids is 1. The summed E-state index contributed by atoms with van der Waals surface area (Å²) in [7, 11) is -3.40. The van der Waals surface area contributed by atoms with E-state index in [0.717, 1.165) is 22.4 Å². The number of sulfonamides is 1. The number of hydrogen-bond donors (Lipinski definition) is 2. The van der Waals surface area contributed by atoms with Gasteiger partial charge in [0.15, 0.2) is 0 Å². The van der Waals surface area contributed by atoms with Crippen LogP contribution in [0.2, 0.25) is 0 Å². The van der Waals surface area contributed by atoms with Crippen LogP contribution in [0.1, 0.15) is 52.5 Å². The highest BCUT2D eigenvalue weighted by Crippen LogP contribution is 2.38. The molecule has 0 saturated heterocycles. The molecule has 1 aromatic carbocycles. The standard InChI is InChI=1S/C19H25N5O3S/c1-11-5-4-6-13-14(7-9-21-16(11)13)19(25)24-17-12(2)23(28(3,26)27)10-8-15(17)18(20)22-24/h4-6,12,14,21H,7-10H2,1-3H3,(H2,20,22). The average Bonchev–Trinajstić information content (AvgIpc) is 2.98. The van der Waals surface area contributed by atoms with Crippen LogP contribution in [0.3, 0.4) is 0 Å². The first-order valence-electron chi connectivity index (χ1n) is 9.41. The van der Waals surface area contributed by atoms with Gasteiger partial charge >= 0.3 is 0 Å². The second-order valence-electron chi connectivity index (χ2n) is 7.61. The van der Waals surface area contributed by atoms with Crippen molar-refractivity contribution >= 4 is 27.4 Å². The summed E-state index contributed by atoms with van der Waals surface area (Å²) in [5, 5.41) is 7.71. The first-order valence-corrected chi connectivity index (χ1v) is 11.3. The third-order valence-electron chi connectivity index (χ3n) is 5.81. The van der Waals surface area contributed by atoms with Gasteiger partial charge in [-0.15, -0.1) is 5.10 Å². The lowest BCUT2D eigenvalue weighted by atomic mass is 9.88. The number of nitrogens with zero attached hydrogens (tertiary/aromatic N) is 3. The van der Waals surface area contributed by atoms with Crippen LogP contribution in [-0.2, 0) is 16.4 Å². The van der Waals surface area contributed by atoms with E-state index in [0.29, 0.717) is 37.4 Å². The Morgan fingerprint density at radius 1 is 1.36 bits per heavy atom. The molecular formula is C19H25N5O3S. The minimum Gasteiger partial charge on any atom is -0.385 e. The molecule has 150 valence electrons. The van der Waals surface area contributed by atoms with Crippen molar-refractivity contribution in [3.05, 3.63) is 40.6 Å². The van der Waals surface area contributed by atoms with E-state index in [4.69, 9.17) is 5.73 Å². The molecular weight excluding hydrogens is 378 g/mol. The fraction of sp³-hybridized carbons (Fsp3) is 0.474. The minimum atomic E-state index is -3.40. The Hall–Kier alpha value is -2.39. The van der Waals surface area contributed by atoms with E-state index in [2.05, 4.69) is 10.4 Å². The molecule has 3 heterocycles. The van der Waals surface area contributed by atoms with Crippen molar-refractivity contribution in [3.63, 3.8) is 0 Å². The molecule has 0 saturated carbocycles. The van der Waals surface area contributed by atoms with E-state index in [-0.39, 0.29) is 11.8 Å². The predicted molar refractivity (Wildman–Crippen MR) is 108 cm³/mol. The van der Waals surface area contributed by atoms with Gasteiger partial charge in [-0.2, -0.15) is 4.31 Å². The van der Waals surface area contributed by atoms with E-state index < -0.39 is 16.1 Å². The number of rotatable bonds is 2. The van der Waals surface area contributed by atoms with Crippen LogP contribution in [0.5, 0.6) is 0 Å². The van der Waals surface area contributed by atoms with E-state index in [1.165, 1.54) is 15.2 Å². The molecule has 2 atom stereocenters. The molecule has 0 aliphatic carbocycles. The van der Waals surface area contributed by atoms with Crippen molar-refractivity contribution in [1.29, 1.82) is 0 Å². The highest BCUT2D eigenvalue weighted by molar-refractivity contribution is 7.88. The number of hydrogen-bond acceptors (Lipinski definition) is 6. The lowest BCUT2D eigenvalue weighted by Crippen LogP contribution is -2.40. The summed E-state index contributed by atoms with van der Waals surface area (Å²) in [5.74, 6) is -0.203. The number of fused-ring (bicyclic) bond motifs is 2. The Labute approximate surface area is 164 Å². The molecule has 0 amide bonds. The number of anilines is 2.